The second kappa shape index (κ2) is 5.38. The van der Waals surface area contributed by atoms with E-state index in [4.69, 9.17) is 11.0 Å². The highest BCUT2D eigenvalue weighted by atomic mass is 32.2. The second-order valence-electron chi connectivity index (χ2n) is 4.13. The summed E-state index contributed by atoms with van der Waals surface area (Å²) in [4.78, 5) is -0.286. The van der Waals surface area contributed by atoms with Gasteiger partial charge in [0.25, 0.3) is 10.0 Å². The molecule has 2 aromatic carbocycles. The van der Waals surface area contributed by atoms with Crippen LogP contribution in [0.5, 0.6) is 0 Å². The normalized spacial score (nSPS) is 10.9. The summed E-state index contributed by atoms with van der Waals surface area (Å²) in [5.41, 5.74) is 5.37. The van der Waals surface area contributed by atoms with Gasteiger partial charge in [0.05, 0.1) is 23.0 Å². The Morgan fingerprint density at radius 2 is 1.71 bits per heavy atom. The van der Waals surface area contributed by atoms with Gasteiger partial charge in [0.1, 0.15) is 16.5 Å². The van der Waals surface area contributed by atoms with E-state index in [1.165, 1.54) is 12.1 Å². The first-order valence-electron chi connectivity index (χ1n) is 5.60. The summed E-state index contributed by atoms with van der Waals surface area (Å²) in [5.74, 6) is -1.83. The summed E-state index contributed by atoms with van der Waals surface area (Å²) >= 11 is 0. The van der Waals surface area contributed by atoms with Crippen molar-refractivity contribution >= 4 is 21.4 Å². The molecule has 0 amide bonds. The van der Waals surface area contributed by atoms with Crippen molar-refractivity contribution < 1.29 is 17.2 Å². The maximum Gasteiger partial charge on any atom is 0.263 e. The maximum atomic E-state index is 13.0. The van der Waals surface area contributed by atoms with E-state index < -0.39 is 21.7 Å². The molecule has 0 aromatic heterocycles. The van der Waals surface area contributed by atoms with Gasteiger partial charge in [-0.3, -0.25) is 4.72 Å². The van der Waals surface area contributed by atoms with Gasteiger partial charge in [-0.15, -0.1) is 0 Å². The van der Waals surface area contributed by atoms with E-state index >= 15 is 0 Å². The third-order valence-electron chi connectivity index (χ3n) is 2.54. The van der Waals surface area contributed by atoms with Gasteiger partial charge in [0.15, 0.2) is 0 Å². The fourth-order valence-electron chi connectivity index (χ4n) is 1.69. The Morgan fingerprint density at radius 1 is 1.10 bits per heavy atom. The average molecular weight is 309 g/mol. The van der Waals surface area contributed by atoms with Crippen LogP contribution in [-0.4, -0.2) is 8.42 Å². The van der Waals surface area contributed by atoms with Crippen LogP contribution in [0.2, 0.25) is 0 Å². The molecule has 0 spiro atoms. The van der Waals surface area contributed by atoms with Gasteiger partial charge in [-0.1, -0.05) is 0 Å². The number of hydrogen-bond acceptors (Lipinski definition) is 4. The molecule has 0 heterocycles. The zero-order chi connectivity index (χ0) is 15.6. The predicted molar refractivity (Wildman–Crippen MR) is 72.7 cm³/mol. The molecular formula is C13H9F2N3O2S. The summed E-state index contributed by atoms with van der Waals surface area (Å²) in [6, 6.07) is 7.72. The molecule has 8 heteroatoms. The Labute approximate surface area is 119 Å². The molecule has 0 unspecified atom stereocenters. The van der Waals surface area contributed by atoms with Crippen LogP contribution in [0.25, 0.3) is 0 Å². The number of nitrogens with one attached hydrogen (secondary N) is 1. The monoisotopic (exact) mass is 309 g/mol. The zero-order valence-electron chi connectivity index (χ0n) is 10.5. The molecular weight excluding hydrogens is 300 g/mol. The molecule has 0 saturated carbocycles. The third kappa shape index (κ3) is 3.27. The maximum absolute atomic E-state index is 13.0. The first-order chi connectivity index (χ1) is 9.81. The molecule has 0 saturated heterocycles. The van der Waals surface area contributed by atoms with E-state index in [2.05, 4.69) is 0 Å². The molecule has 2 aromatic rings. The number of sulfonamides is 1. The van der Waals surface area contributed by atoms with E-state index in [-0.39, 0.29) is 21.8 Å². The minimum atomic E-state index is -4.12. The van der Waals surface area contributed by atoms with Crippen LogP contribution in [0.15, 0.2) is 41.3 Å². The first-order valence-corrected chi connectivity index (χ1v) is 7.09. The average Bonchev–Trinajstić information content (AvgIpc) is 2.36. The Balaban J connectivity index is 2.41. The fourth-order valence-corrected chi connectivity index (χ4v) is 2.84. The zero-order valence-corrected chi connectivity index (χ0v) is 11.3. The quantitative estimate of drug-likeness (QED) is 0.850. The number of halogens is 2. The van der Waals surface area contributed by atoms with Crippen LogP contribution in [0.4, 0.5) is 20.2 Å². The third-order valence-corrected chi connectivity index (χ3v) is 4.00. The van der Waals surface area contributed by atoms with Gasteiger partial charge in [-0.2, -0.15) is 5.26 Å². The van der Waals surface area contributed by atoms with Gasteiger partial charge < -0.3 is 5.73 Å². The van der Waals surface area contributed by atoms with E-state index in [1.54, 1.807) is 0 Å². The summed E-state index contributed by atoms with van der Waals surface area (Å²) in [5, 5.41) is 8.70. The SMILES string of the molecule is N#Cc1ccc(S(=O)(=O)Nc2cc(F)cc(F)c2)c(N)c1. The number of nitrogens with zero attached hydrogens (tertiary/aromatic N) is 1. The number of nitrogen functional groups attached to an aromatic ring is 1. The van der Waals surface area contributed by atoms with Gasteiger partial charge >= 0.3 is 0 Å². The van der Waals surface area contributed by atoms with Crippen LogP contribution < -0.4 is 10.5 Å². The van der Waals surface area contributed by atoms with Crippen molar-refractivity contribution in [2.24, 2.45) is 0 Å². The number of nitriles is 1. The Bertz CT molecular complexity index is 825. The molecule has 0 radical (unpaired) electrons. The Morgan fingerprint density at radius 3 is 2.24 bits per heavy atom. The standard InChI is InChI=1S/C13H9F2N3O2S/c14-9-4-10(15)6-11(5-9)18-21(19,20)13-2-1-8(7-16)3-12(13)17/h1-6,18H,17H2. The summed E-state index contributed by atoms with van der Waals surface area (Å²) < 4.78 is 52.4. The Kier molecular flexibility index (Phi) is 3.78. The minimum absolute atomic E-state index is 0.140. The first kappa shape index (κ1) is 14.7. The molecule has 0 atom stereocenters. The van der Waals surface area contributed by atoms with Crippen LogP contribution in [-0.2, 0) is 10.0 Å². The highest BCUT2D eigenvalue weighted by molar-refractivity contribution is 7.92. The number of hydrogen-bond donors (Lipinski definition) is 2. The van der Waals surface area contributed by atoms with Crippen molar-refractivity contribution in [3.05, 3.63) is 53.6 Å². The number of anilines is 2. The van der Waals surface area contributed by atoms with E-state index in [9.17, 15) is 17.2 Å². The van der Waals surface area contributed by atoms with Crippen LogP contribution in [0.1, 0.15) is 5.56 Å². The highest BCUT2D eigenvalue weighted by Gasteiger charge is 2.18. The molecule has 0 aliphatic heterocycles. The largest absolute Gasteiger partial charge is 0.398 e. The van der Waals surface area contributed by atoms with Crippen molar-refractivity contribution in [1.82, 2.24) is 0 Å². The summed E-state index contributed by atoms with van der Waals surface area (Å²) in [7, 11) is -4.12. The van der Waals surface area contributed by atoms with Gasteiger partial charge in [0.2, 0.25) is 0 Å². The van der Waals surface area contributed by atoms with Crippen molar-refractivity contribution in [2.75, 3.05) is 10.5 Å². The summed E-state index contributed by atoms with van der Waals surface area (Å²) in [6.07, 6.45) is 0. The lowest BCUT2D eigenvalue weighted by molar-refractivity contribution is 0.584. The van der Waals surface area contributed by atoms with E-state index in [1.807, 2.05) is 10.8 Å². The van der Waals surface area contributed by atoms with Crippen LogP contribution in [0.3, 0.4) is 0 Å². The molecule has 0 aliphatic rings. The summed E-state index contributed by atoms with van der Waals surface area (Å²) in [6.45, 7) is 0. The fraction of sp³-hybridized carbons (Fsp3) is 0. The topological polar surface area (TPSA) is 96.0 Å². The molecule has 108 valence electrons. The molecule has 2 rings (SSSR count). The molecule has 0 fully saturated rings. The number of rotatable bonds is 3. The number of nitrogens with two attached hydrogens (primary N) is 1. The second-order valence-corrected chi connectivity index (χ2v) is 5.78. The van der Waals surface area contributed by atoms with Gasteiger partial charge in [-0.05, 0) is 30.3 Å². The molecule has 0 aliphatic carbocycles. The lowest BCUT2D eigenvalue weighted by Gasteiger charge is -2.10. The molecule has 21 heavy (non-hydrogen) atoms. The lowest BCUT2D eigenvalue weighted by Crippen LogP contribution is -2.15. The van der Waals surface area contributed by atoms with Crippen LogP contribution in [0, 0.1) is 23.0 Å². The Hall–Kier alpha value is -2.66. The highest BCUT2D eigenvalue weighted by Crippen LogP contribution is 2.23. The van der Waals surface area contributed by atoms with Crippen molar-refractivity contribution in [1.29, 1.82) is 5.26 Å². The number of benzene rings is 2. The van der Waals surface area contributed by atoms with Gasteiger partial charge in [0, 0.05) is 6.07 Å². The van der Waals surface area contributed by atoms with Gasteiger partial charge in [-0.25, -0.2) is 17.2 Å². The van der Waals surface area contributed by atoms with Crippen molar-refractivity contribution in [2.45, 2.75) is 4.90 Å². The smallest absolute Gasteiger partial charge is 0.263 e. The molecule has 3 N–H and O–H groups in total. The molecule has 0 bridgehead atoms. The van der Waals surface area contributed by atoms with Crippen molar-refractivity contribution in [3.8, 4) is 6.07 Å². The van der Waals surface area contributed by atoms with Crippen molar-refractivity contribution in [3.63, 3.8) is 0 Å². The van der Waals surface area contributed by atoms with Crippen LogP contribution >= 0.6 is 0 Å². The van der Waals surface area contributed by atoms with E-state index in [0.29, 0.717) is 6.07 Å². The minimum Gasteiger partial charge on any atom is -0.398 e. The lowest BCUT2D eigenvalue weighted by atomic mass is 10.2. The molecule has 5 nitrogen and oxygen atoms in total. The predicted octanol–water partition coefficient (Wildman–Crippen LogP) is 2.22. The van der Waals surface area contributed by atoms with E-state index in [0.717, 1.165) is 18.2 Å².